The Morgan fingerprint density at radius 2 is 2.15 bits per heavy atom. The van der Waals surface area contributed by atoms with Crippen LogP contribution in [-0.4, -0.2) is 11.0 Å². The van der Waals surface area contributed by atoms with Crippen LogP contribution in [0.3, 0.4) is 0 Å². The molecule has 0 radical (unpaired) electrons. The van der Waals surface area contributed by atoms with Gasteiger partial charge in [0.25, 0.3) is 0 Å². The van der Waals surface area contributed by atoms with Gasteiger partial charge in [0.05, 0.1) is 0 Å². The maximum absolute atomic E-state index is 10.5. The summed E-state index contributed by atoms with van der Waals surface area (Å²) in [6.45, 7) is 0. The van der Waals surface area contributed by atoms with Crippen LogP contribution in [0, 0.1) is 10.1 Å². The molecule has 2 rings (SSSR count). The number of nitrogens with zero attached hydrogens (tertiary/aromatic N) is 1. The minimum Gasteiger partial charge on any atom is -0.264 e. The number of benzene rings is 1. The van der Waals surface area contributed by atoms with E-state index in [0.29, 0.717) is 6.42 Å². The second-order valence-corrected chi connectivity index (χ2v) is 3.11. The molecule has 0 aliphatic heterocycles. The van der Waals surface area contributed by atoms with Crippen molar-refractivity contribution < 1.29 is 4.92 Å². The Morgan fingerprint density at radius 3 is 2.92 bits per heavy atom. The highest BCUT2D eigenvalue weighted by molar-refractivity contribution is 5.57. The van der Waals surface area contributed by atoms with Gasteiger partial charge >= 0.3 is 0 Å². The third-order valence-corrected chi connectivity index (χ3v) is 2.25. The first-order valence-electron chi connectivity index (χ1n) is 4.17. The Labute approximate surface area is 75.8 Å². The summed E-state index contributed by atoms with van der Waals surface area (Å²) >= 11 is 0. The van der Waals surface area contributed by atoms with E-state index in [4.69, 9.17) is 0 Å². The minimum absolute atomic E-state index is 0.244. The Balaban J connectivity index is 2.34. The molecule has 0 N–H and O–H groups in total. The molecular formula is C10H9NO2. The lowest BCUT2D eigenvalue weighted by atomic mass is 9.95. The summed E-state index contributed by atoms with van der Waals surface area (Å²) < 4.78 is 0. The van der Waals surface area contributed by atoms with E-state index in [1.54, 1.807) is 6.08 Å². The fourth-order valence-electron chi connectivity index (χ4n) is 1.54. The normalized spacial score (nSPS) is 19.5. The first kappa shape index (κ1) is 7.98. The summed E-state index contributed by atoms with van der Waals surface area (Å²) in [6, 6.07) is 7.22. The standard InChI is InChI=1S/C10H9NO2/c12-11(13)10-6-5-8-3-1-2-4-9(8)7-10/h1-6,10H,7H2. The van der Waals surface area contributed by atoms with Crippen LogP contribution < -0.4 is 0 Å². The fraction of sp³-hybridized carbons (Fsp3) is 0.200. The molecular weight excluding hydrogens is 166 g/mol. The highest BCUT2D eigenvalue weighted by atomic mass is 16.6. The van der Waals surface area contributed by atoms with Gasteiger partial charge in [-0.1, -0.05) is 30.3 Å². The number of nitro groups is 1. The largest absolute Gasteiger partial charge is 0.264 e. The van der Waals surface area contributed by atoms with E-state index in [1.165, 1.54) is 0 Å². The maximum Gasteiger partial charge on any atom is 0.235 e. The monoisotopic (exact) mass is 175 g/mol. The van der Waals surface area contributed by atoms with Gasteiger partial charge in [0, 0.05) is 11.3 Å². The second-order valence-electron chi connectivity index (χ2n) is 3.11. The van der Waals surface area contributed by atoms with Gasteiger partial charge in [-0.3, -0.25) is 10.1 Å². The van der Waals surface area contributed by atoms with Crippen molar-refractivity contribution in [1.82, 2.24) is 0 Å². The summed E-state index contributed by atoms with van der Waals surface area (Å²) in [5.41, 5.74) is 2.16. The lowest BCUT2D eigenvalue weighted by molar-refractivity contribution is -0.508. The van der Waals surface area contributed by atoms with Crippen molar-refractivity contribution in [2.75, 3.05) is 0 Å². The van der Waals surface area contributed by atoms with Crippen LogP contribution >= 0.6 is 0 Å². The average Bonchev–Trinajstić information content (AvgIpc) is 2.17. The van der Waals surface area contributed by atoms with Crippen molar-refractivity contribution in [3.63, 3.8) is 0 Å². The Hall–Kier alpha value is -1.64. The van der Waals surface area contributed by atoms with Crippen molar-refractivity contribution in [3.8, 4) is 0 Å². The van der Waals surface area contributed by atoms with Crippen molar-refractivity contribution in [3.05, 3.63) is 51.6 Å². The van der Waals surface area contributed by atoms with Crippen LogP contribution in [-0.2, 0) is 6.42 Å². The first-order chi connectivity index (χ1) is 6.27. The fourth-order valence-corrected chi connectivity index (χ4v) is 1.54. The first-order valence-corrected chi connectivity index (χ1v) is 4.17. The molecule has 0 saturated carbocycles. The molecule has 0 aromatic heterocycles. The summed E-state index contributed by atoms with van der Waals surface area (Å²) in [5.74, 6) is 0. The van der Waals surface area contributed by atoms with Crippen LogP contribution in [0.5, 0.6) is 0 Å². The molecule has 1 atom stereocenters. The van der Waals surface area contributed by atoms with Crippen LogP contribution in [0.25, 0.3) is 6.08 Å². The molecule has 13 heavy (non-hydrogen) atoms. The molecule has 0 fully saturated rings. The molecule has 0 saturated heterocycles. The van der Waals surface area contributed by atoms with E-state index < -0.39 is 6.04 Å². The van der Waals surface area contributed by atoms with E-state index in [-0.39, 0.29) is 4.92 Å². The predicted molar refractivity (Wildman–Crippen MR) is 50.0 cm³/mol. The van der Waals surface area contributed by atoms with Crippen LogP contribution in [0.1, 0.15) is 11.1 Å². The van der Waals surface area contributed by atoms with Crippen LogP contribution in [0.2, 0.25) is 0 Å². The molecule has 3 nitrogen and oxygen atoms in total. The third-order valence-electron chi connectivity index (χ3n) is 2.25. The second kappa shape index (κ2) is 3.01. The molecule has 0 spiro atoms. The molecule has 1 aromatic carbocycles. The minimum atomic E-state index is -0.546. The van der Waals surface area contributed by atoms with E-state index in [2.05, 4.69) is 0 Å². The van der Waals surface area contributed by atoms with Crippen molar-refractivity contribution in [1.29, 1.82) is 0 Å². The summed E-state index contributed by atoms with van der Waals surface area (Å²) in [7, 11) is 0. The maximum atomic E-state index is 10.5. The molecule has 1 aliphatic rings. The van der Waals surface area contributed by atoms with Gasteiger partial charge in [-0.15, -0.1) is 0 Å². The SMILES string of the molecule is O=[N+]([O-])C1C=Cc2ccccc2C1. The average molecular weight is 175 g/mol. The summed E-state index contributed by atoms with van der Waals surface area (Å²) in [5, 5.41) is 10.5. The smallest absolute Gasteiger partial charge is 0.235 e. The molecule has 1 aromatic rings. The Bertz CT molecular complexity index is 371. The van der Waals surface area contributed by atoms with E-state index in [9.17, 15) is 10.1 Å². The van der Waals surface area contributed by atoms with Gasteiger partial charge in [-0.2, -0.15) is 0 Å². The molecule has 66 valence electrons. The number of fused-ring (bicyclic) bond motifs is 1. The van der Waals surface area contributed by atoms with Crippen molar-refractivity contribution in [2.24, 2.45) is 0 Å². The number of hydrogen-bond acceptors (Lipinski definition) is 2. The molecule has 0 bridgehead atoms. The molecule has 3 heteroatoms. The van der Waals surface area contributed by atoms with E-state index >= 15 is 0 Å². The Morgan fingerprint density at radius 1 is 1.38 bits per heavy atom. The lowest BCUT2D eigenvalue weighted by Crippen LogP contribution is -2.21. The predicted octanol–water partition coefficient (Wildman–Crippen LogP) is 1.90. The topological polar surface area (TPSA) is 43.1 Å². The van der Waals surface area contributed by atoms with Gasteiger partial charge in [0.2, 0.25) is 6.04 Å². The zero-order valence-corrected chi connectivity index (χ0v) is 7.01. The summed E-state index contributed by atoms with van der Waals surface area (Å²) in [6.07, 6.45) is 3.99. The number of rotatable bonds is 1. The van der Waals surface area contributed by atoms with E-state index in [0.717, 1.165) is 11.1 Å². The molecule has 1 unspecified atom stereocenters. The quantitative estimate of drug-likeness (QED) is 0.483. The van der Waals surface area contributed by atoms with Crippen LogP contribution in [0.15, 0.2) is 30.3 Å². The third kappa shape index (κ3) is 1.45. The van der Waals surface area contributed by atoms with Crippen molar-refractivity contribution in [2.45, 2.75) is 12.5 Å². The van der Waals surface area contributed by atoms with Gasteiger partial charge in [-0.25, -0.2) is 0 Å². The highest BCUT2D eigenvalue weighted by Crippen LogP contribution is 2.19. The van der Waals surface area contributed by atoms with Crippen LogP contribution in [0.4, 0.5) is 0 Å². The van der Waals surface area contributed by atoms with Gasteiger partial charge in [-0.05, 0) is 17.2 Å². The van der Waals surface area contributed by atoms with Crippen molar-refractivity contribution >= 4 is 6.08 Å². The summed E-state index contributed by atoms with van der Waals surface area (Å²) in [4.78, 5) is 10.3. The molecule has 1 aliphatic carbocycles. The van der Waals surface area contributed by atoms with Gasteiger partial charge in [0.15, 0.2) is 0 Å². The van der Waals surface area contributed by atoms with Gasteiger partial charge < -0.3 is 0 Å². The number of hydrogen-bond donors (Lipinski definition) is 0. The molecule has 0 amide bonds. The highest BCUT2D eigenvalue weighted by Gasteiger charge is 2.21. The Kier molecular flexibility index (Phi) is 1.85. The van der Waals surface area contributed by atoms with Gasteiger partial charge in [0.1, 0.15) is 0 Å². The zero-order chi connectivity index (χ0) is 9.26. The van der Waals surface area contributed by atoms with E-state index in [1.807, 2.05) is 30.3 Å². The molecule has 0 heterocycles. The lowest BCUT2D eigenvalue weighted by Gasteiger charge is -2.12. The zero-order valence-electron chi connectivity index (χ0n) is 7.01.